The van der Waals surface area contributed by atoms with Crippen molar-refractivity contribution in [1.82, 2.24) is 5.32 Å². The SMILES string of the molecule is CCCC(C)C(=O)C1CCCNC1. The van der Waals surface area contributed by atoms with Crippen molar-refractivity contribution in [1.29, 1.82) is 0 Å². The molecule has 0 bridgehead atoms. The fourth-order valence-electron chi connectivity index (χ4n) is 2.07. The molecule has 1 aliphatic rings. The molecule has 1 rings (SSSR count). The number of nitrogens with one attached hydrogen (secondary N) is 1. The Morgan fingerprint density at radius 2 is 2.38 bits per heavy atom. The van der Waals surface area contributed by atoms with Crippen molar-refractivity contribution < 1.29 is 4.79 Å². The van der Waals surface area contributed by atoms with Crippen LogP contribution in [0.15, 0.2) is 0 Å². The molecule has 1 N–H and O–H groups in total. The Balaban J connectivity index is 2.36. The second-order valence-electron chi connectivity index (χ2n) is 4.14. The van der Waals surface area contributed by atoms with Gasteiger partial charge < -0.3 is 5.32 Å². The average molecular weight is 183 g/mol. The molecule has 1 aliphatic heterocycles. The Kier molecular flexibility index (Phi) is 4.43. The predicted octanol–water partition coefficient (Wildman–Crippen LogP) is 1.99. The number of carbonyl (C=O) groups is 1. The van der Waals surface area contributed by atoms with Gasteiger partial charge in [-0.2, -0.15) is 0 Å². The zero-order valence-corrected chi connectivity index (χ0v) is 8.81. The van der Waals surface area contributed by atoms with Crippen molar-refractivity contribution in [3.05, 3.63) is 0 Å². The zero-order chi connectivity index (χ0) is 9.68. The lowest BCUT2D eigenvalue weighted by atomic mass is 9.86. The Labute approximate surface area is 81.1 Å². The van der Waals surface area contributed by atoms with E-state index in [1.54, 1.807) is 0 Å². The Hall–Kier alpha value is -0.370. The zero-order valence-electron chi connectivity index (χ0n) is 8.81. The molecular weight excluding hydrogens is 162 g/mol. The molecule has 0 aromatic carbocycles. The Bertz CT molecular complexity index is 161. The molecule has 2 heteroatoms. The van der Waals surface area contributed by atoms with Gasteiger partial charge >= 0.3 is 0 Å². The summed E-state index contributed by atoms with van der Waals surface area (Å²) in [7, 11) is 0. The molecule has 1 fully saturated rings. The third-order valence-corrected chi connectivity index (χ3v) is 2.91. The van der Waals surface area contributed by atoms with Crippen LogP contribution in [0.4, 0.5) is 0 Å². The highest BCUT2D eigenvalue weighted by atomic mass is 16.1. The number of hydrogen-bond donors (Lipinski definition) is 1. The molecule has 0 aromatic rings. The lowest BCUT2D eigenvalue weighted by Gasteiger charge is -2.24. The molecule has 0 radical (unpaired) electrons. The minimum Gasteiger partial charge on any atom is -0.316 e. The lowest BCUT2D eigenvalue weighted by molar-refractivity contribution is -0.127. The van der Waals surface area contributed by atoms with Gasteiger partial charge in [0.25, 0.3) is 0 Å². The van der Waals surface area contributed by atoms with E-state index in [0.717, 1.165) is 38.8 Å². The highest BCUT2D eigenvalue weighted by Gasteiger charge is 2.24. The molecule has 0 aliphatic carbocycles. The first-order valence-electron chi connectivity index (χ1n) is 5.50. The van der Waals surface area contributed by atoms with Gasteiger partial charge in [0.05, 0.1) is 0 Å². The van der Waals surface area contributed by atoms with Gasteiger partial charge in [-0.25, -0.2) is 0 Å². The molecule has 0 amide bonds. The highest BCUT2D eigenvalue weighted by molar-refractivity contribution is 5.83. The van der Waals surface area contributed by atoms with E-state index in [1.807, 2.05) is 0 Å². The van der Waals surface area contributed by atoms with Crippen LogP contribution in [0.1, 0.15) is 39.5 Å². The molecule has 13 heavy (non-hydrogen) atoms. The summed E-state index contributed by atoms with van der Waals surface area (Å²) in [5, 5.41) is 3.29. The number of piperidine rings is 1. The van der Waals surface area contributed by atoms with Crippen LogP contribution in [-0.2, 0) is 4.79 Å². The molecular formula is C11H21NO. The quantitative estimate of drug-likeness (QED) is 0.722. The van der Waals surface area contributed by atoms with Gasteiger partial charge in [0.2, 0.25) is 0 Å². The van der Waals surface area contributed by atoms with Gasteiger partial charge in [-0.15, -0.1) is 0 Å². The second-order valence-corrected chi connectivity index (χ2v) is 4.14. The summed E-state index contributed by atoms with van der Waals surface area (Å²) in [5.74, 6) is 1.05. The van der Waals surface area contributed by atoms with Crippen LogP contribution >= 0.6 is 0 Å². The predicted molar refractivity (Wildman–Crippen MR) is 54.7 cm³/mol. The first-order chi connectivity index (χ1) is 6.25. The van der Waals surface area contributed by atoms with Gasteiger partial charge in [0.15, 0.2) is 0 Å². The van der Waals surface area contributed by atoms with Gasteiger partial charge in [0.1, 0.15) is 5.78 Å². The van der Waals surface area contributed by atoms with E-state index in [1.165, 1.54) is 0 Å². The van der Waals surface area contributed by atoms with E-state index >= 15 is 0 Å². The molecule has 76 valence electrons. The van der Waals surface area contributed by atoms with E-state index < -0.39 is 0 Å². The van der Waals surface area contributed by atoms with Crippen molar-refractivity contribution in [3.63, 3.8) is 0 Å². The normalized spacial score (nSPS) is 25.5. The number of Topliss-reactive ketones (excluding diaryl/α,β-unsaturated/α-hetero) is 1. The Morgan fingerprint density at radius 3 is 2.92 bits per heavy atom. The van der Waals surface area contributed by atoms with Crippen LogP contribution < -0.4 is 5.32 Å². The lowest BCUT2D eigenvalue weighted by Crippen LogP contribution is -2.36. The summed E-state index contributed by atoms with van der Waals surface area (Å²) < 4.78 is 0. The van der Waals surface area contributed by atoms with Gasteiger partial charge in [0, 0.05) is 18.4 Å². The van der Waals surface area contributed by atoms with Crippen LogP contribution in [0.2, 0.25) is 0 Å². The van der Waals surface area contributed by atoms with Crippen LogP contribution in [0, 0.1) is 11.8 Å². The summed E-state index contributed by atoms with van der Waals surface area (Å²) >= 11 is 0. The summed E-state index contributed by atoms with van der Waals surface area (Å²) in [6.45, 7) is 6.21. The Morgan fingerprint density at radius 1 is 1.62 bits per heavy atom. The maximum absolute atomic E-state index is 11.8. The molecule has 1 saturated heterocycles. The number of rotatable bonds is 4. The number of hydrogen-bond acceptors (Lipinski definition) is 2. The standard InChI is InChI=1S/C11H21NO/c1-3-5-9(2)11(13)10-6-4-7-12-8-10/h9-10,12H,3-8H2,1-2H3. The highest BCUT2D eigenvalue weighted by Crippen LogP contribution is 2.18. The topological polar surface area (TPSA) is 29.1 Å². The average Bonchev–Trinajstić information content (AvgIpc) is 2.18. The molecule has 2 unspecified atom stereocenters. The van der Waals surface area contributed by atoms with Crippen LogP contribution in [-0.4, -0.2) is 18.9 Å². The van der Waals surface area contributed by atoms with Crippen molar-refractivity contribution in [3.8, 4) is 0 Å². The van der Waals surface area contributed by atoms with E-state index in [9.17, 15) is 4.79 Å². The molecule has 2 atom stereocenters. The summed E-state index contributed by atoms with van der Waals surface area (Å²) in [5.41, 5.74) is 0. The van der Waals surface area contributed by atoms with Gasteiger partial charge in [-0.05, 0) is 25.8 Å². The van der Waals surface area contributed by atoms with Crippen molar-refractivity contribution in [2.45, 2.75) is 39.5 Å². The van der Waals surface area contributed by atoms with Crippen LogP contribution in [0.25, 0.3) is 0 Å². The van der Waals surface area contributed by atoms with Crippen molar-refractivity contribution in [2.75, 3.05) is 13.1 Å². The van der Waals surface area contributed by atoms with Crippen LogP contribution in [0.3, 0.4) is 0 Å². The van der Waals surface area contributed by atoms with E-state index in [-0.39, 0.29) is 5.92 Å². The first kappa shape index (κ1) is 10.7. The van der Waals surface area contributed by atoms with Gasteiger partial charge in [-0.1, -0.05) is 20.3 Å². The van der Waals surface area contributed by atoms with Crippen LogP contribution in [0.5, 0.6) is 0 Å². The number of ketones is 1. The molecule has 0 spiro atoms. The minimum absolute atomic E-state index is 0.273. The maximum Gasteiger partial charge on any atom is 0.140 e. The summed E-state index contributed by atoms with van der Waals surface area (Å²) in [6, 6.07) is 0. The van der Waals surface area contributed by atoms with Crippen molar-refractivity contribution >= 4 is 5.78 Å². The molecule has 0 aromatic heterocycles. The summed E-state index contributed by atoms with van der Waals surface area (Å²) in [6.07, 6.45) is 4.43. The third kappa shape index (κ3) is 3.11. The monoisotopic (exact) mass is 183 g/mol. The maximum atomic E-state index is 11.8. The molecule has 2 nitrogen and oxygen atoms in total. The van der Waals surface area contributed by atoms with E-state index in [0.29, 0.717) is 11.7 Å². The minimum atomic E-state index is 0.273. The second kappa shape index (κ2) is 5.38. The van der Waals surface area contributed by atoms with E-state index in [4.69, 9.17) is 0 Å². The van der Waals surface area contributed by atoms with Gasteiger partial charge in [-0.3, -0.25) is 4.79 Å². The fourth-order valence-corrected chi connectivity index (χ4v) is 2.07. The summed E-state index contributed by atoms with van der Waals surface area (Å²) in [4.78, 5) is 11.8. The smallest absolute Gasteiger partial charge is 0.140 e. The van der Waals surface area contributed by atoms with E-state index in [2.05, 4.69) is 19.2 Å². The molecule has 0 saturated carbocycles. The largest absolute Gasteiger partial charge is 0.316 e. The van der Waals surface area contributed by atoms with Crippen molar-refractivity contribution in [2.24, 2.45) is 11.8 Å². The first-order valence-corrected chi connectivity index (χ1v) is 5.50. The third-order valence-electron chi connectivity index (χ3n) is 2.91. The molecule has 1 heterocycles. The number of carbonyl (C=O) groups excluding carboxylic acids is 1. The fraction of sp³-hybridized carbons (Fsp3) is 0.909.